The average Bonchev–Trinajstić information content (AvgIpc) is 2.49. The summed E-state index contributed by atoms with van der Waals surface area (Å²) in [6.45, 7) is 6.92. The summed E-state index contributed by atoms with van der Waals surface area (Å²) in [4.78, 5) is 2.57. The monoisotopic (exact) mass is 296 g/mol. The Labute approximate surface area is 131 Å². The standard InChI is InChI=1S/C18H36N2O/c1-3-7-15(8-4-2)19-16-11-13-20(14-12-16)17-9-5-6-10-18(17)21/h15-19,21H,3-14H2,1-2H3. The fourth-order valence-electron chi connectivity index (χ4n) is 4.26. The summed E-state index contributed by atoms with van der Waals surface area (Å²) in [5.74, 6) is 0. The molecule has 0 radical (unpaired) electrons. The van der Waals surface area contributed by atoms with Gasteiger partial charge in [0.25, 0.3) is 0 Å². The molecule has 2 rings (SSSR count). The molecule has 0 bridgehead atoms. The topological polar surface area (TPSA) is 35.5 Å². The zero-order valence-electron chi connectivity index (χ0n) is 14.2. The molecule has 2 fully saturated rings. The lowest BCUT2D eigenvalue weighted by Crippen LogP contribution is -2.52. The van der Waals surface area contributed by atoms with Crippen LogP contribution in [0.3, 0.4) is 0 Å². The van der Waals surface area contributed by atoms with Crippen molar-refractivity contribution in [3.63, 3.8) is 0 Å². The first-order chi connectivity index (χ1) is 10.2. The van der Waals surface area contributed by atoms with Crippen molar-refractivity contribution >= 4 is 0 Å². The summed E-state index contributed by atoms with van der Waals surface area (Å²) in [6, 6.07) is 1.86. The van der Waals surface area contributed by atoms with Gasteiger partial charge in [-0.15, -0.1) is 0 Å². The highest BCUT2D eigenvalue weighted by Gasteiger charge is 2.31. The molecular weight excluding hydrogens is 260 g/mol. The minimum absolute atomic E-state index is 0.0730. The number of piperidine rings is 1. The molecule has 1 heterocycles. The highest BCUT2D eigenvalue weighted by molar-refractivity contribution is 4.88. The van der Waals surface area contributed by atoms with Crippen LogP contribution in [0.1, 0.15) is 78.1 Å². The Morgan fingerprint density at radius 3 is 2.19 bits per heavy atom. The molecule has 2 N–H and O–H groups in total. The third-order valence-electron chi connectivity index (χ3n) is 5.44. The number of rotatable bonds is 7. The number of nitrogens with zero attached hydrogens (tertiary/aromatic N) is 1. The normalized spacial score (nSPS) is 29.1. The summed E-state index contributed by atoms with van der Waals surface area (Å²) >= 11 is 0. The van der Waals surface area contributed by atoms with E-state index in [9.17, 15) is 5.11 Å². The first-order valence-electron chi connectivity index (χ1n) is 9.42. The average molecular weight is 296 g/mol. The predicted octanol–water partition coefficient (Wildman–Crippen LogP) is 3.31. The Morgan fingerprint density at radius 2 is 1.62 bits per heavy atom. The van der Waals surface area contributed by atoms with Crippen LogP contribution in [0.4, 0.5) is 0 Å². The number of hydrogen-bond acceptors (Lipinski definition) is 3. The first kappa shape index (κ1) is 17.2. The van der Waals surface area contributed by atoms with Crippen molar-refractivity contribution in [3.8, 4) is 0 Å². The molecule has 0 aromatic heterocycles. The molecule has 0 aromatic carbocycles. The van der Waals surface area contributed by atoms with Gasteiger partial charge < -0.3 is 10.4 Å². The van der Waals surface area contributed by atoms with Crippen LogP contribution in [-0.2, 0) is 0 Å². The maximum atomic E-state index is 10.2. The fourth-order valence-corrected chi connectivity index (χ4v) is 4.26. The first-order valence-corrected chi connectivity index (χ1v) is 9.42. The van der Waals surface area contributed by atoms with Crippen molar-refractivity contribution in [2.75, 3.05) is 13.1 Å². The molecule has 0 spiro atoms. The summed E-state index contributed by atoms with van der Waals surface area (Å²) < 4.78 is 0. The Hall–Kier alpha value is -0.120. The van der Waals surface area contributed by atoms with Crippen LogP contribution < -0.4 is 5.32 Å². The molecule has 1 aliphatic carbocycles. The summed E-state index contributed by atoms with van der Waals surface area (Å²) in [7, 11) is 0. The number of nitrogens with one attached hydrogen (secondary N) is 1. The third kappa shape index (κ3) is 5.22. The zero-order chi connectivity index (χ0) is 15.1. The highest BCUT2D eigenvalue weighted by Crippen LogP contribution is 2.26. The van der Waals surface area contributed by atoms with Gasteiger partial charge in [0, 0.05) is 31.2 Å². The summed E-state index contributed by atoms with van der Waals surface area (Å²) in [6.07, 6.45) is 12.4. The predicted molar refractivity (Wildman–Crippen MR) is 89.6 cm³/mol. The second kappa shape index (κ2) is 9.12. The van der Waals surface area contributed by atoms with E-state index in [1.54, 1.807) is 0 Å². The van der Waals surface area contributed by atoms with Gasteiger partial charge in [-0.25, -0.2) is 0 Å². The lowest BCUT2D eigenvalue weighted by molar-refractivity contribution is 0.00648. The molecule has 2 aliphatic rings. The lowest BCUT2D eigenvalue weighted by Gasteiger charge is -2.42. The molecule has 3 heteroatoms. The maximum Gasteiger partial charge on any atom is 0.0695 e. The molecule has 1 saturated heterocycles. The van der Waals surface area contributed by atoms with Crippen LogP contribution in [0.15, 0.2) is 0 Å². The van der Waals surface area contributed by atoms with E-state index in [0.29, 0.717) is 12.1 Å². The van der Waals surface area contributed by atoms with E-state index >= 15 is 0 Å². The summed E-state index contributed by atoms with van der Waals surface area (Å²) in [5.41, 5.74) is 0. The van der Waals surface area contributed by atoms with Gasteiger partial charge in [0.1, 0.15) is 0 Å². The van der Waals surface area contributed by atoms with Crippen LogP contribution in [0, 0.1) is 0 Å². The van der Waals surface area contributed by atoms with Gasteiger partial charge in [0.2, 0.25) is 0 Å². The smallest absolute Gasteiger partial charge is 0.0695 e. The number of aliphatic hydroxyl groups is 1. The van der Waals surface area contributed by atoms with Crippen LogP contribution in [0.2, 0.25) is 0 Å². The van der Waals surface area contributed by atoms with Crippen molar-refractivity contribution in [1.82, 2.24) is 10.2 Å². The van der Waals surface area contributed by atoms with Crippen LogP contribution in [-0.4, -0.2) is 47.3 Å². The second-order valence-electron chi connectivity index (χ2n) is 7.17. The van der Waals surface area contributed by atoms with E-state index in [0.717, 1.165) is 12.5 Å². The van der Waals surface area contributed by atoms with E-state index in [-0.39, 0.29) is 6.10 Å². The molecule has 3 nitrogen and oxygen atoms in total. The summed E-state index contributed by atoms with van der Waals surface area (Å²) in [5, 5.41) is 14.1. The van der Waals surface area contributed by atoms with E-state index in [4.69, 9.17) is 0 Å². The van der Waals surface area contributed by atoms with Gasteiger partial charge in [-0.05, 0) is 38.5 Å². The molecule has 0 aromatic rings. The van der Waals surface area contributed by atoms with Crippen molar-refractivity contribution in [2.24, 2.45) is 0 Å². The van der Waals surface area contributed by atoms with Gasteiger partial charge in [0.05, 0.1) is 6.10 Å². The fraction of sp³-hybridized carbons (Fsp3) is 1.00. The largest absolute Gasteiger partial charge is 0.391 e. The Bertz CT molecular complexity index is 270. The molecular formula is C18H36N2O. The minimum atomic E-state index is -0.0730. The van der Waals surface area contributed by atoms with E-state index in [1.165, 1.54) is 70.9 Å². The Morgan fingerprint density at radius 1 is 1.00 bits per heavy atom. The molecule has 2 atom stereocenters. The zero-order valence-corrected chi connectivity index (χ0v) is 14.2. The Kier molecular flexibility index (Phi) is 7.48. The number of likely N-dealkylation sites (tertiary alicyclic amines) is 1. The number of hydrogen-bond donors (Lipinski definition) is 2. The molecule has 1 aliphatic heterocycles. The number of aliphatic hydroxyl groups excluding tert-OH is 1. The van der Waals surface area contributed by atoms with Crippen molar-refractivity contribution in [3.05, 3.63) is 0 Å². The van der Waals surface area contributed by atoms with Gasteiger partial charge >= 0.3 is 0 Å². The lowest BCUT2D eigenvalue weighted by atomic mass is 9.89. The third-order valence-corrected chi connectivity index (χ3v) is 5.44. The maximum absolute atomic E-state index is 10.2. The van der Waals surface area contributed by atoms with Crippen molar-refractivity contribution in [1.29, 1.82) is 0 Å². The van der Waals surface area contributed by atoms with E-state index < -0.39 is 0 Å². The molecule has 21 heavy (non-hydrogen) atoms. The molecule has 124 valence electrons. The van der Waals surface area contributed by atoms with Crippen LogP contribution in [0.25, 0.3) is 0 Å². The molecule has 1 saturated carbocycles. The molecule has 2 unspecified atom stereocenters. The SMILES string of the molecule is CCCC(CCC)NC1CCN(C2CCCCC2O)CC1. The van der Waals surface area contributed by atoms with Gasteiger partial charge in [-0.3, -0.25) is 4.90 Å². The second-order valence-corrected chi connectivity index (χ2v) is 7.17. The van der Waals surface area contributed by atoms with Crippen molar-refractivity contribution in [2.45, 2.75) is 102 Å². The van der Waals surface area contributed by atoms with Crippen molar-refractivity contribution < 1.29 is 5.11 Å². The van der Waals surface area contributed by atoms with Crippen LogP contribution in [0.5, 0.6) is 0 Å². The van der Waals surface area contributed by atoms with E-state index in [1.807, 2.05) is 0 Å². The highest BCUT2D eigenvalue weighted by atomic mass is 16.3. The minimum Gasteiger partial charge on any atom is -0.391 e. The van der Waals surface area contributed by atoms with Gasteiger partial charge in [-0.2, -0.15) is 0 Å². The van der Waals surface area contributed by atoms with Gasteiger partial charge in [-0.1, -0.05) is 39.5 Å². The van der Waals surface area contributed by atoms with E-state index in [2.05, 4.69) is 24.1 Å². The molecule has 0 amide bonds. The quantitative estimate of drug-likeness (QED) is 0.756. The van der Waals surface area contributed by atoms with Gasteiger partial charge in [0.15, 0.2) is 0 Å². The van der Waals surface area contributed by atoms with Crippen LogP contribution >= 0.6 is 0 Å². The Balaban J connectivity index is 1.74.